The quantitative estimate of drug-likeness (QED) is 0.803. The normalized spacial score (nSPS) is 16.1. The van der Waals surface area contributed by atoms with E-state index in [1.807, 2.05) is 43.5 Å². The molecule has 3 rings (SSSR count). The van der Waals surface area contributed by atoms with Gasteiger partial charge >= 0.3 is 6.09 Å². The summed E-state index contributed by atoms with van der Waals surface area (Å²) in [5, 5.41) is 7.88. The second-order valence-corrected chi connectivity index (χ2v) is 6.44. The second-order valence-electron chi connectivity index (χ2n) is 6.44. The number of anilines is 1. The first-order valence-corrected chi connectivity index (χ1v) is 7.45. The summed E-state index contributed by atoms with van der Waals surface area (Å²) in [5.41, 5.74) is 1.49. The molecule has 7 heteroatoms. The minimum absolute atomic E-state index is 0.235. The van der Waals surface area contributed by atoms with Gasteiger partial charge in [0.25, 0.3) is 0 Å². The summed E-state index contributed by atoms with van der Waals surface area (Å²) in [6.45, 7) is 8.55. The first-order valence-electron chi connectivity index (χ1n) is 7.45. The van der Waals surface area contributed by atoms with Crippen molar-refractivity contribution in [2.45, 2.75) is 26.4 Å². The molecule has 2 aromatic heterocycles. The van der Waals surface area contributed by atoms with E-state index in [1.165, 1.54) is 0 Å². The third kappa shape index (κ3) is 3.13. The maximum atomic E-state index is 12.1. The second kappa shape index (κ2) is 5.47. The van der Waals surface area contributed by atoms with Gasteiger partial charge < -0.3 is 14.5 Å². The van der Waals surface area contributed by atoms with Crippen LogP contribution in [0.1, 0.15) is 20.8 Å². The highest BCUT2D eigenvalue weighted by molar-refractivity contribution is 5.68. The summed E-state index contributed by atoms with van der Waals surface area (Å²) in [5.74, 6) is 0. The Balaban J connectivity index is 1.62. The molecule has 0 N–H and O–H groups in total. The number of ether oxygens (including phenoxy) is 1. The Labute approximate surface area is 129 Å². The Bertz CT molecular complexity index is 668. The number of amides is 1. The number of carbonyl (C=O) groups excluding carboxylic acids is 1. The molecule has 1 fully saturated rings. The highest BCUT2D eigenvalue weighted by Crippen LogP contribution is 2.18. The summed E-state index contributed by atoms with van der Waals surface area (Å²) in [6, 6.07) is 3.98. The zero-order chi connectivity index (χ0) is 15.7. The maximum absolute atomic E-state index is 12.1. The molecular formula is C15H21N5O2. The Morgan fingerprint density at radius 3 is 2.59 bits per heavy atom. The van der Waals surface area contributed by atoms with Crippen LogP contribution in [-0.2, 0) is 4.74 Å². The third-order valence-corrected chi connectivity index (χ3v) is 3.57. The highest BCUT2D eigenvalue weighted by atomic mass is 16.6. The number of hydrogen-bond acceptors (Lipinski definition) is 5. The molecule has 3 heterocycles. The van der Waals surface area contributed by atoms with Crippen molar-refractivity contribution in [2.75, 3.05) is 31.1 Å². The average Bonchev–Trinajstić information content (AvgIpc) is 2.93. The summed E-state index contributed by atoms with van der Waals surface area (Å²) in [6.07, 6.45) is 3.47. The predicted molar refractivity (Wildman–Crippen MR) is 83.0 cm³/mol. The minimum atomic E-state index is -0.451. The van der Waals surface area contributed by atoms with Gasteiger partial charge in [-0.2, -0.15) is 0 Å². The number of piperazine rings is 1. The molecule has 0 atom stereocenters. The van der Waals surface area contributed by atoms with Gasteiger partial charge in [0.05, 0.1) is 5.69 Å². The fraction of sp³-hybridized carbons (Fsp3) is 0.533. The van der Waals surface area contributed by atoms with Crippen LogP contribution in [-0.4, -0.2) is 57.4 Å². The van der Waals surface area contributed by atoms with E-state index in [4.69, 9.17) is 4.74 Å². The Morgan fingerprint density at radius 1 is 1.18 bits per heavy atom. The molecule has 0 bridgehead atoms. The molecule has 1 aliphatic heterocycles. The number of rotatable bonds is 1. The van der Waals surface area contributed by atoms with Crippen molar-refractivity contribution in [3.8, 4) is 0 Å². The molecule has 0 saturated carbocycles. The van der Waals surface area contributed by atoms with Gasteiger partial charge in [0.15, 0.2) is 5.65 Å². The zero-order valence-electron chi connectivity index (χ0n) is 13.2. The molecule has 1 amide bonds. The van der Waals surface area contributed by atoms with Crippen molar-refractivity contribution in [3.05, 3.63) is 24.7 Å². The molecule has 7 nitrogen and oxygen atoms in total. The van der Waals surface area contributed by atoms with Crippen molar-refractivity contribution in [1.82, 2.24) is 19.5 Å². The van der Waals surface area contributed by atoms with Gasteiger partial charge in [0, 0.05) is 32.4 Å². The van der Waals surface area contributed by atoms with Crippen LogP contribution in [0.4, 0.5) is 10.5 Å². The number of aromatic nitrogens is 3. The lowest BCUT2D eigenvalue weighted by molar-refractivity contribution is 0.0240. The van der Waals surface area contributed by atoms with Crippen LogP contribution in [0.2, 0.25) is 0 Å². The largest absolute Gasteiger partial charge is 0.444 e. The molecule has 0 spiro atoms. The SMILES string of the molecule is CC(C)(C)OC(=O)N1CCN(c2ccc3nncn3c2)CC1. The van der Waals surface area contributed by atoms with Gasteiger partial charge in [0.2, 0.25) is 0 Å². The van der Waals surface area contributed by atoms with Crippen LogP contribution in [0.15, 0.2) is 24.7 Å². The first-order chi connectivity index (χ1) is 10.4. The van der Waals surface area contributed by atoms with E-state index < -0.39 is 5.60 Å². The maximum Gasteiger partial charge on any atom is 0.410 e. The van der Waals surface area contributed by atoms with E-state index in [9.17, 15) is 4.79 Å². The Kier molecular flexibility index (Phi) is 3.64. The van der Waals surface area contributed by atoms with E-state index in [1.54, 1.807) is 11.2 Å². The first kappa shape index (κ1) is 14.6. The van der Waals surface area contributed by atoms with Crippen molar-refractivity contribution in [3.63, 3.8) is 0 Å². The van der Waals surface area contributed by atoms with Gasteiger partial charge in [-0.25, -0.2) is 4.79 Å². The van der Waals surface area contributed by atoms with Gasteiger partial charge in [-0.1, -0.05) is 0 Å². The number of nitrogens with zero attached hydrogens (tertiary/aromatic N) is 5. The molecule has 118 valence electrons. The predicted octanol–water partition coefficient (Wildman–Crippen LogP) is 1.79. The number of carbonyl (C=O) groups is 1. The monoisotopic (exact) mass is 303 g/mol. The van der Waals surface area contributed by atoms with E-state index in [0.717, 1.165) is 24.4 Å². The molecule has 0 aliphatic carbocycles. The fourth-order valence-corrected chi connectivity index (χ4v) is 2.48. The number of fused-ring (bicyclic) bond motifs is 1. The van der Waals surface area contributed by atoms with Crippen molar-refractivity contribution in [2.24, 2.45) is 0 Å². The fourth-order valence-electron chi connectivity index (χ4n) is 2.48. The molecule has 2 aromatic rings. The minimum Gasteiger partial charge on any atom is -0.444 e. The van der Waals surface area contributed by atoms with Gasteiger partial charge in [-0.15, -0.1) is 10.2 Å². The van der Waals surface area contributed by atoms with Crippen LogP contribution in [0.3, 0.4) is 0 Å². The van der Waals surface area contributed by atoms with Crippen molar-refractivity contribution in [1.29, 1.82) is 0 Å². The van der Waals surface area contributed by atoms with E-state index in [0.29, 0.717) is 13.1 Å². The molecule has 0 unspecified atom stereocenters. The third-order valence-electron chi connectivity index (χ3n) is 3.57. The van der Waals surface area contributed by atoms with Gasteiger partial charge in [-0.05, 0) is 32.9 Å². The Morgan fingerprint density at radius 2 is 1.91 bits per heavy atom. The van der Waals surface area contributed by atoms with E-state index in [2.05, 4.69) is 15.1 Å². The van der Waals surface area contributed by atoms with Crippen LogP contribution in [0, 0.1) is 0 Å². The molecule has 0 radical (unpaired) electrons. The number of pyridine rings is 1. The van der Waals surface area contributed by atoms with Crippen LogP contribution >= 0.6 is 0 Å². The van der Waals surface area contributed by atoms with E-state index in [-0.39, 0.29) is 6.09 Å². The summed E-state index contributed by atoms with van der Waals surface area (Å²) >= 11 is 0. The van der Waals surface area contributed by atoms with Crippen molar-refractivity contribution >= 4 is 17.4 Å². The lowest BCUT2D eigenvalue weighted by Gasteiger charge is -2.36. The zero-order valence-corrected chi connectivity index (χ0v) is 13.2. The topological polar surface area (TPSA) is 63.0 Å². The molecule has 1 aliphatic rings. The molecule has 1 saturated heterocycles. The van der Waals surface area contributed by atoms with Crippen LogP contribution in [0.25, 0.3) is 5.65 Å². The summed E-state index contributed by atoms with van der Waals surface area (Å²) < 4.78 is 7.31. The standard InChI is InChI=1S/C15H21N5O2/c1-15(2,3)22-14(21)19-8-6-18(7-9-19)12-4-5-13-17-16-11-20(13)10-12/h4-5,10-11H,6-9H2,1-3H3. The number of hydrogen-bond donors (Lipinski definition) is 0. The molecule has 0 aromatic carbocycles. The Hall–Kier alpha value is -2.31. The summed E-state index contributed by atoms with van der Waals surface area (Å²) in [4.78, 5) is 16.1. The van der Waals surface area contributed by atoms with Crippen LogP contribution in [0.5, 0.6) is 0 Å². The van der Waals surface area contributed by atoms with E-state index >= 15 is 0 Å². The van der Waals surface area contributed by atoms with Gasteiger partial charge in [0.1, 0.15) is 11.9 Å². The van der Waals surface area contributed by atoms with Crippen molar-refractivity contribution < 1.29 is 9.53 Å². The smallest absolute Gasteiger partial charge is 0.410 e. The van der Waals surface area contributed by atoms with Crippen LogP contribution < -0.4 is 4.90 Å². The lowest BCUT2D eigenvalue weighted by atomic mass is 10.2. The lowest BCUT2D eigenvalue weighted by Crippen LogP contribution is -2.50. The van der Waals surface area contributed by atoms with Gasteiger partial charge in [-0.3, -0.25) is 4.40 Å². The summed E-state index contributed by atoms with van der Waals surface area (Å²) in [7, 11) is 0. The average molecular weight is 303 g/mol. The highest BCUT2D eigenvalue weighted by Gasteiger charge is 2.26. The molecular weight excluding hydrogens is 282 g/mol. The molecule has 22 heavy (non-hydrogen) atoms.